The summed E-state index contributed by atoms with van der Waals surface area (Å²) in [5.74, 6) is 0. The number of nitrogens with two attached hydrogens (primary N) is 1. The summed E-state index contributed by atoms with van der Waals surface area (Å²) in [6.07, 6.45) is 3.72. The molecule has 80 valence electrons. The van der Waals surface area contributed by atoms with Crippen molar-refractivity contribution < 1.29 is 10.0 Å². The fraction of sp³-hybridized carbons (Fsp3) is 0.200. The summed E-state index contributed by atoms with van der Waals surface area (Å²) in [4.78, 5) is 10.2. The largest absolute Gasteiger partial charge is 0.399 e. The molecule has 0 aliphatic carbocycles. The number of nitro groups is 1. The molecule has 0 amide bonds. The Morgan fingerprint density at radius 1 is 1.53 bits per heavy atom. The van der Waals surface area contributed by atoms with E-state index in [1.165, 1.54) is 18.2 Å². The molecular formula is C10H12N2O3. The molecule has 0 spiro atoms. The third-order valence-electron chi connectivity index (χ3n) is 1.84. The molecule has 0 bridgehead atoms. The number of nitrogen functional groups attached to an aromatic ring is 1. The number of aliphatic hydroxyl groups is 1. The molecule has 0 saturated carbocycles. The quantitative estimate of drug-likeness (QED) is 0.446. The van der Waals surface area contributed by atoms with Crippen molar-refractivity contribution in [1.82, 2.24) is 0 Å². The van der Waals surface area contributed by atoms with Crippen LogP contribution in [0.4, 0.5) is 11.4 Å². The van der Waals surface area contributed by atoms with Gasteiger partial charge in [-0.3, -0.25) is 10.1 Å². The Morgan fingerprint density at radius 3 is 2.87 bits per heavy atom. The van der Waals surface area contributed by atoms with Crippen LogP contribution in [0.3, 0.4) is 0 Å². The number of benzene rings is 1. The number of hydrogen-bond acceptors (Lipinski definition) is 4. The van der Waals surface area contributed by atoms with Crippen LogP contribution < -0.4 is 5.73 Å². The van der Waals surface area contributed by atoms with Gasteiger partial charge in [0, 0.05) is 18.4 Å². The maximum atomic E-state index is 10.6. The first-order valence-electron chi connectivity index (χ1n) is 4.46. The zero-order valence-corrected chi connectivity index (χ0v) is 8.09. The Bertz CT molecular complexity index is 388. The van der Waals surface area contributed by atoms with Gasteiger partial charge >= 0.3 is 0 Å². The predicted octanol–water partition coefficient (Wildman–Crippen LogP) is 1.57. The molecule has 0 aromatic heterocycles. The van der Waals surface area contributed by atoms with E-state index in [1.807, 2.05) is 0 Å². The first kappa shape index (κ1) is 11.2. The van der Waals surface area contributed by atoms with Gasteiger partial charge in [0.25, 0.3) is 5.69 Å². The van der Waals surface area contributed by atoms with Gasteiger partial charge in [0.05, 0.1) is 10.5 Å². The van der Waals surface area contributed by atoms with Gasteiger partial charge in [-0.1, -0.05) is 12.2 Å². The second kappa shape index (κ2) is 5.11. The lowest BCUT2D eigenvalue weighted by molar-refractivity contribution is -0.385. The first-order chi connectivity index (χ1) is 7.15. The van der Waals surface area contributed by atoms with Gasteiger partial charge in [0.2, 0.25) is 0 Å². The van der Waals surface area contributed by atoms with E-state index in [0.29, 0.717) is 17.7 Å². The second-order valence-corrected chi connectivity index (χ2v) is 2.99. The van der Waals surface area contributed by atoms with Crippen molar-refractivity contribution in [3.63, 3.8) is 0 Å². The summed E-state index contributed by atoms with van der Waals surface area (Å²) in [5, 5.41) is 19.2. The molecule has 1 aromatic carbocycles. The average molecular weight is 208 g/mol. The molecule has 0 saturated heterocycles. The van der Waals surface area contributed by atoms with Crippen molar-refractivity contribution in [1.29, 1.82) is 0 Å². The summed E-state index contributed by atoms with van der Waals surface area (Å²) >= 11 is 0. The number of nitro benzene ring substituents is 1. The molecule has 0 atom stereocenters. The Balaban J connectivity index is 3.02. The van der Waals surface area contributed by atoms with Crippen LogP contribution in [0.15, 0.2) is 24.3 Å². The lowest BCUT2D eigenvalue weighted by Crippen LogP contribution is -1.93. The monoisotopic (exact) mass is 208 g/mol. The highest BCUT2D eigenvalue weighted by Crippen LogP contribution is 2.22. The van der Waals surface area contributed by atoms with Crippen molar-refractivity contribution >= 4 is 17.5 Å². The molecular weight excluding hydrogens is 196 g/mol. The van der Waals surface area contributed by atoms with Gasteiger partial charge in [-0.05, 0) is 18.6 Å². The molecule has 5 heteroatoms. The van der Waals surface area contributed by atoms with Crippen molar-refractivity contribution in [2.45, 2.75) is 6.42 Å². The number of nitrogens with zero attached hydrogens (tertiary/aromatic N) is 1. The number of anilines is 1. The zero-order chi connectivity index (χ0) is 11.3. The van der Waals surface area contributed by atoms with E-state index < -0.39 is 4.92 Å². The van der Waals surface area contributed by atoms with Crippen LogP contribution >= 0.6 is 0 Å². The fourth-order valence-corrected chi connectivity index (χ4v) is 1.16. The van der Waals surface area contributed by atoms with Gasteiger partial charge in [0.15, 0.2) is 0 Å². The molecule has 0 radical (unpaired) electrons. The van der Waals surface area contributed by atoms with Crippen molar-refractivity contribution in [2.75, 3.05) is 12.3 Å². The molecule has 15 heavy (non-hydrogen) atoms. The summed E-state index contributed by atoms with van der Waals surface area (Å²) < 4.78 is 0. The Morgan fingerprint density at radius 2 is 2.27 bits per heavy atom. The van der Waals surface area contributed by atoms with Crippen LogP contribution in [-0.4, -0.2) is 16.6 Å². The van der Waals surface area contributed by atoms with Crippen LogP contribution in [-0.2, 0) is 0 Å². The highest BCUT2D eigenvalue weighted by molar-refractivity contribution is 5.65. The fourth-order valence-electron chi connectivity index (χ4n) is 1.16. The molecule has 0 fully saturated rings. The van der Waals surface area contributed by atoms with E-state index in [0.717, 1.165) is 0 Å². The molecule has 3 N–H and O–H groups in total. The van der Waals surface area contributed by atoms with Crippen molar-refractivity contribution in [3.05, 3.63) is 40.0 Å². The van der Waals surface area contributed by atoms with Gasteiger partial charge in [-0.25, -0.2) is 0 Å². The van der Waals surface area contributed by atoms with Crippen LogP contribution in [0, 0.1) is 10.1 Å². The number of rotatable bonds is 4. The first-order valence-corrected chi connectivity index (χ1v) is 4.46. The second-order valence-electron chi connectivity index (χ2n) is 2.99. The molecule has 5 nitrogen and oxygen atoms in total. The van der Waals surface area contributed by atoms with Gasteiger partial charge < -0.3 is 10.8 Å². The maximum absolute atomic E-state index is 10.6. The minimum atomic E-state index is -0.460. The van der Waals surface area contributed by atoms with Gasteiger partial charge in [0.1, 0.15) is 0 Å². The third kappa shape index (κ3) is 3.07. The predicted molar refractivity (Wildman–Crippen MR) is 58.2 cm³/mol. The maximum Gasteiger partial charge on any atom is 0.276 e. The molecule has 0 aliphatic heterocycles. The minimum absolute atomic E-state index is 0.0124. The Labute approximate surface area is 87.0 Å². The van der Waals surface area contributed by atoms with E-state index in [9.17, 15) is 10.1 Å². The van der Waals surface area contributed by atoms with Crippen molar-refractivity contribution in [2.24, 2.45) is 0 Å². The Hall–Kier alpha value is -1.88. The highest BCUT2D eigenvalue weighted by atomic mass is 16.6. The number of aliphatic hydroxyl groups excluding tert-OH is 1. The SMILES string of the molecule is Nc1ccc([N+](=O)[O-])c(C=CCCO)c1. The van der Waals surface area contributed by atoms with Crippen LogP contribution in [0.1, 0.15) is 12.0 Å². The summed E-state index contributed by atoms with van der Waals surface area (Å²) in [6, 6.07) is 4.39. The van der Waals surface area contributed by atoms with Crippen LogP contribution in [0.2, 0.25) is 0 Å². The summed E-state index contributed by atoms with van der Waals surface area (Å²) in [5.41, 5.74) is 6.47. The smallest absolute Gasteiger partial charge is 0.276 e. The van der Waals surface area contributed by atoms with E-state index in [-0.39, 0.29) is 12.3 Å². The average Bonchev–Trinajstić information content (AvgIpc) is 2.18. The normalized spacial score (nSPS) is 10.7. The summed E-state index contributed by atoms with van der Waals surface area (Å²) in [6.45, 7) is 0.0204. The van der Waals surface area contributed by atoms with E-state index in [1.54, 1.807) is 12.2 Å². The van der Waals surface area contributed by atoms with Gasteiger partial charge in [-0.15, -0.1) is 0 Å². The summed E-state index contributed by atoms with van der Waals surface area (Å²) in [7, 11) is 0. The van der Waals surface area contributed by atoms with Crippen LogP contribution in [0.5, 0.6) is 0 Å². The molecule has 0 unspecified atom stereocenters. The zero-order valence-electron chi connectivity index (χ0n) is 8.09. The molecule has 0 heterocycles. The van der Waals surface area contributed by atoms with E-state index in [2.05, 4.69) is 0 Å². The standard InChI is InChI=1S/C10H12N2O3/c11-9-4-5-10(12(14)15)8(7-9)3-1-2-6-13/h1,3-5,7,13H,2,6,11H2. The third-order valence-corrected chi connectivity index (χ3v) is 1.84. The van der Waals surface area contributed by atoms with E-state index >= 15 is 0 Å². The Kier molecular flexibility index (Phi) is 3.82. The van der Waals surface area contributed by atoms with Crippen molar-refractivity contribution in [3.8, 4) is 0 Å². The molecule has 0 aliphatic rings. The molecule has 1 aromatic rings. The lowest BCUT2D eigenvalue weighted by Gasteiger charge is -1.98. The molecule has 1 rings (SSSR count). The lowest BCUT2D eigenvalue weighted by atomic mass is 10.1. The van der Waals surface area contributed by atoms with Gasteiger partial charge in [-0.2, -0.15) is 0 Å². The number of hydrogen-bond donors (Lipinski definition) is 2. The topological polar surface area (TPSA) is 89.4 Å². The van der Waals surface area contributed by atoms with E-state index in [4.69, 9.17) is 10.8 Å². The van der Waals surface area contributed by atoms with Crippen LogP contribution in [0.25, 0.3) is 6.08 Å². The highest BCUT2D eigenvalue weighted by Gasteiger charge is 2.10. The minimum Gasteiger partial charge on any atom is -0.399 e.